The van der Waals surface area contributed by atoms with Crippen LogP contribution < -0.4 is 0 Å². The van der Waals surface area contributed by atoms with Gasteiger partial charge in [0, 0.05) is 20.2 Å². The quantitative estimate of drug-likeness (QED) is 0.489. The zero-order chi connectivity index (χ0) is 21.1. The summed E-state index contributed by atoms with van der Waals surface area (Å²) < 4.78 is 59.0. The first kappa shape index (κ1) is 23.6. The largest absolute Gasteiger partial charge is 0.416 e. The second-order valence-electron chi connectivity index (χ2n) is 6.55. The van der Waals surface area contributed by atoms with Crippen LogP contribution in [-0.4, -0.2) is 76.8 Å². The molecule has 0 unspecified atom stereocenters. The minimum absolute atomic E-state index is 0.0680. The fourth-order valence-electron chi connectivity index (χ4n) is 2.80. The van der Waals surface area contributed by atoms with E-state index in [0.29, 0.717) is 64.7 Å². The van der Waals surface area contributed by atoms with Gasteiger partial charge in [0.15, 0.2) is 0 Å². The third-order valence-corrected chi connectivity index (χ3v) is 4.37. The molecule has 0 N–H and O–H groups in total. The van der Waals surface area contributed by atoms with Crippen LogP contribution in [0.3, 0.4) is 0 Å². The molecule has 0 spiro atoms. The summed E-state index contributed by atoms with van der Waals surface area (Å²) in [7, 11) is 1.61. The van der Waals surface area contributed by atoms with Gasteiger partial charge in [-0.2, -0.15) is 13.2 Å². The van der Waals surface area contributed by atoms with Gasteiger partial charge in [-0.1, -0.05) is 12.1 Å². The number of nitrogens with zero attached hydrogens (tertiary/aromatic N) is 1. The van der Waals surface area contributed by atoms with Crippen LogP contribution in [0, 0.1) is 6.42 Å². The van der Waals surface area contributed by atoms with Gasteiger partial charge in [-0.15, -0.1) is 0 Å². The zero-order valence-corrected chi connectivity index (χ0v) is 16.5. The first-order chi connectivity index (χ1) is 13.9. The lowest BCUT2D eigenvalue weighted by Gasteiger charge is -2.17. The maximum absolute atomic E-state index is 12.6. The van der Waals surface area contributed by atoms with Crippen molar-refractivity contribution in [3.63, 3.8) is 0 Å². The number of rotatable bonds is 12. The van der Waals surface area contributed by atoms with Gasteiger partial charge in [0.1, 0.15) is 0 Å². The van der Waals surface area contributed by atoms with Gasteiger partial charge in [0.05, 0.1) is 57.7 Å². The first-order valence-electron chi connectivity index (χ1n) is 9.47. The van der Waals surface area contributed by atoms with E-state index in [2.05, 4.69) is 0 Å². The number of benzene rings is 1. The summed E-state index contributed by atoms with van der Waals surface area (Å²) in [6.45, 7) is 3.93. The highest BCUT2D eigenvalue weighted by atomic mass is 19.4. The molecule has 163 valence electrons. The number of carbonyl (C=O) groups excluding carboxylic acids is 1. The number of methoxy groups -OCH3 is 1. The maximum atomic E-state index is 12.6. The Kier molecular flexibility index (Phi) is 9.86. The lowest BCUT2D eigenvalue weighted by molar-refractivity contribution is -0.137. The van der Waals surface area contributed by atoms with Crippen molar-refractivity contribution in [2.24, 2.45) is 0 Å². The van der Waals surface area contributed by atoms with Crippen LogP contribution in [0.1, 0.15) is 17.5 Å². The number of halogens is 3. The molecule has 1 saturated heterocycles. The summed E-state index contributed by atoms with van der Waals surface area (Å²) in [5, 5.41) is 0. The van der Waals surface area contributed by atoms with Crippen LogP contribution in [-0.2, 0) is 29.9 Å². The monoisotopic (exact) mass is 418 g/mol. The van der Waals surface area contributed by atoms with Crippen LogP contribution >= 0.6 is 0 Å². The molecule has 1 heterocycles. The number of carbonyl (C=O) groups is 1. The second kappa shape index (κ2) is 12.1. The second-order valence-corrected chi connectivity index (χ2v) is 6.55. The minimum atomic E-state index is -4.39. The van der Waals surface area contributed by atoms with Crippen LogP contribution in [0.4, 0.5) is 13.2 Å². The molecule has 1 atom stereocenters. The normalized spacial score (nSPS) is 17.1. The lowest BCUT2D eigenvalue weighted by atomic mass is 10.1. The molecule has 0 bridgehead atoms. The van der Waals surface area contributed by atoms with Crippen LogP contribution in [0.15, 0.2) is 24.3 Å². The van der Waals surface area contributed by atoms with Gasteiger partial charge >= 0.3 is 6.18 Å². The topological polar surface area (TPSA) is 57.2 Å². The molecular formula is C20H27F3NO5. The molecule has 6 nitrogen and oxygen atoms in total. The predicted octanol–water partition coefficient (Wildman–Crippen LogP) is 2.55. The third-order valence-electron chi connectivity index (χ3n) is 4.37. The summed E-state index contributed by atoms with van der Waals surface area (Å²) >= 11 is 0. The summed E-state index contributed by atoms with van der Waals surface area (Å²) in [6.07, 6.45) is -2.40. The van der Waals surface area contributed by atoms with Crippen LogP contribution in [0.25, 0.3) is 0 Å². The van der Waals surface area contributed by atoms with E-state index in [-0.39, 0.29) is 12.0 Å². The molecule has 1 aromatic rings. The van der Waals surface area contributed by atoms with Gasteiger partial charge in [-0.05, 0) is 24.1 Å². The molecule has 0 aromatic heterocycles. The summed E-state index contributed by atoms with van der Waals surface area (Å²) in [5.41, 5.74) is -0.297. The molecule has 1 aliphatic heterocycles. The molecule has 29 heavy (non-hydrogen) atoms. The van der Waals surface area contributed by atoms with E-state index in [1.165, 1.54) is 18.6 Å². The Bertz CT molecular complexity index is 609. The molecule has 1 aromatic carbocycles. The van der Waals surface area contributed by atoms with Crippen molar-refractivity contribution in [2.45, 2.75) is 18.7 Å². The molecule has 1 radical (unpaired) electrons. The van der Waals surface area contributed by atoms with Crippen molar-refractivity contribution in [1.82, 2.24) is 4.90 Å². The molecule has 0 aliphatic carbocycles. The smallest absolute Gasteiger partial charge is 0.382 e. The average Bonchev–Trinajstić information content (AvgIpc) is 3.15. The fourth-order valence-corrected chi connectivity index (χ4v) is 2.80. The Labute approximate surface area is 168 Å². The summed E-state index contributed by atoms with van der Waals surface area (Å²) in [5.74, 6) is -0.236. The van der Waals surface area contributed by atoms with E-state index in [9.17, 15) is 18.0 Å². The van der Waals surface area contributed by atoms with Crippen LogP contribution in [0.5, 0.6) is 0 Å². The van der Waals surface area contributed by atoms with E-state index in [1.54, 1.807) is 12.0 Å². The van der Waals surface area contributed by atoms with E-state index in [1.807, 2.05) is 0 Å². The van der Waals surface area contributed by atoms with E-state index < -0.39 is 11.7 Å². The van der Waals surface area contributed by atoms with Gasteiger partial charge in [0.25, 0.3) is 0 Å². The summed E-state index contributed by atoms with van der Waals surface area (Å²) in [6, 6.07) is 4.53. The molecule has 1 amide bonds. The van der Waals surface area contributed by atoms with E-state index >= 15 is 0 Å². The predicted molar refractivity (Wildman–Crippen MR) is 99.3 cm³/mol. The van der Waals surface area contributed by atoms with Gasteiger partial charge in [0.2, 0.25) is 5.91 Å². The van der Waals surface area contributed by atoms with Crippen molar-refractivity contribution < 1.29 is 36.9 Å². The van der Waals surface area contributed by atoms with Crippen LogP contribution in [0.2, 0.25) is 0 Å². The first-order valence-corrected chi connectivity index (χ1v) is 9.47. The van der Waals surface area contributed by atoms with Gasteiger partial charge < -0.3 is 23.8 Å². The van der Waals surface area contributed by atoms with Gasteiger partial charge in [-0.25, -0.2) is 0 Å². The molecule has 1 aliphatic rings. The number of likely N-dealkylation sites (tertiary alicyclic amines) is 1. The average molecular weight is 418 g/mol. The summed E-state index contributed by atoms with van der Waals surface area (Å²) in [4.78, 5) is 13.9. The molecule has 9 heteroatoms. The highest BCUT2D eigenvalue weighted by Crippen LogP contribution is 2.29. The third kappa shape index (κ3) is 8.69. The number of hydrogen-bond donors (Lipinski definition) is 0. The molecule has 2 rings (SSSR count). The molecular weight excluding hydrogens is 391 g/mol. The molecule has 1 fully saturated rings. The minimum Gasteiger partial charge on any atom is -0.382 e. The standard InChI is InChI=1S/C20H27F3NO5/c1-26-8-9-27-10-11-28-12-13-29-18-6-7-24(15-18)19(25)14-16-2-4-17(5-3-16)20(21,22)23/h2-5,14,18H,6-13,15H2,1H3/t18-/m0/s1. The Morgan fingerprint density at radius 2 is 1.69 bits per heavy atom. The van der Waals surface area contributed by atoms with Crippen molar-refractivity contribution in [2.75, 3.05) is 59.8 Å². The van der Waals surface area contributed by atoms with Crippen molar-refractivity contribution in [1.29, 1.82) is 0 Å². The number of amides is 1. The van der Waals surface area contributed by atoms with Crippen molar-refractivity contribution >= 4 is 5.91 Å². The Morgan fingerprint density at radius 1 is 1.07 bits per heavy atom. The zero-order valence-electron chi connectivity index (χ0n) is 16.5. The fraction of sp³-hybridized carbons (Fsp3) is 0.600. The van der Waals surface area contributed by atoms with Crippen molar-refractivity contribution in [3.05, 3.63) is 41.8 Å². The Balaban J connectivity index is 1.59. The molecule has 0 saturated carbocycles. The number of ether oxygens (including phenoxy) is 4. The Hall–Kier alpha value is -1.68. The van der Waals surface area contributed by atoms with Crippen molar-refractivity contribution in [3.8, 4) is 0 Å². The number of hydrogen-bond acceptors (Lipinski definition) is 5. The number of alkyl halides is 3. The SMILES string of the molecule is COCCOCCOCCO[C@H]1CCN(C(=O)[CH]c2ccc(C(F)(F)F)cc2)C1. The Morgan fingerprint density at radius 3 is 2.31 bits per heavy atom. The van der Waals surface area contributed by atoms with E-state index in [4.69, 9.17) is 18.9 Å². The maximum Gasteiger partial charge on any atom is 0.416 e. The van der Waals surface area contributed by atoms with E-state index in [0.717, 1.165) is 12.1 Å². The highest BCUT2D eigenvalue weighted by Gasteiger charge is 2.30. The highest BCUT2D eigenvalue weighted by molar-refractivity contribution is 5.88. The van der Waals surface area contributed by atoms with Gasteiger partial charge in [-0.3, -0.25) is 4.79 Å². The lowest BCUT2D eigenvalue weighted by Crippen LogP contribution is -2.30.